The summed E-state index contributed by atoms with van der Waals surface area (Å²) < 4.78 is 8.81. The summed E-state index contributed by atoms with van der Waals surface area (Å²) in [5, 5.41) is 13.4. The summed E-state index contributed by atoms with van der Waals surface area (Å²) in [6.07, 6.45) is 7.78. The Morgan fingerprint density at radius 2 is 2.16 bits per heavy atom. The van der Waals surface area contributed by atoms with Crippen molar-refractivity contribution in [1.29, 1.82) is 0 Å². The lowest BCUT2D eigenvalue weighted by molar-refractivity contribution is 0.107. The second-order valence-electron chi connectivity index (χ2n) is 8.31. The molecule has 0 bridgehead atoms. The monoisotopic (exact) mass is 424 g/mol. The molecule has 1 unspecified atom stereocenters. The first-order chi connectivity index (χ1) is 15.2. The second-order valence-corrected chi connectivity index (χ2v) is 8.31. The Bertz CT molecular complexity index is 1120. The molecular weight excluding hydrogens is 396 g/mol. The maximum absolute atomic E-state index is 12.5. The zero-order chi connectivity index (χ0) is 21.2. The van der Waals surface area contributed by atoms with Crippen molar-refractivity contribution in [2.45, 2.75) is 44.9 Å². The summed E-state index contributed by atoms with van der Waals surface area (Å²) in [4.78, 5) is 23.6. The minimum absolute atomic E-state index is 0.0455. The number of anilines is 1. The van der Waals surface area contributed by atoms with Crippen LogP contribution in [0.15, 0.2) is 23.4 Å². The average molecular weight is 425 g/mol. The van der Waals surface area contributed by atoms with Gasteiger partial charge in [0, 0.05) is 50.4 Å². The van der Waals surface area contributed by atoms with Gasteiger partial charge in [-0.3, -0.25) is 14.4 Å². The molecule has 0 spiro atoms. The van der Waals surface area contributed by atoms with Gasteiger partial charge in [0.05, 0.1) is 30.8 Å². The van der Waals surface area contributed by atoms with Crippen molar-refractivity contribution in [2.24, 2.45) is 7.05 Å². The molecule has 5 heterocycles. The average Bonchev–Trinajstić information content (AvgIpc) is 3.17. The zero-order valence-electron chi connectivity index (χ0n) is 17.8. The van der Waals surface area contributed by atoms with E-state index in [0.29, 0.717) is 31.4 Å². The molecule has 0 amide bonds. The third-order valence-electron chi connectivity index (χ3n) is 6.19. The fourth-order valence-electron chi connectivity index (χ4n) is 4.53. The Hall–Kier alpha value is -2.85. The number of piperidine rings is 1. The van der Waals surface area contributed by atoms with Gasteiger partial charge in [-0.05, 0) is 19.4 Å². The first-order valence-corrected chi connectivity index (χ1v) is 11.0. The van der Waals surface area contributed by atoms with Crippen molar-refractivity contribution in [3.63, 3.8) is 0 Å². The molecule has 0 saturated carbocycles. The van der Waals surface area contributed by atoms with E-state index in [1.807, 2.05) is 13.2 Å². The Kier molecular flexibility index (Phi) is 5.65. The summed E-state index contributed by atoms with van der Waals surface area (Å²) >= 11 is 0. The van der Waals surface area contributed by atoms with Crippen molar-refractivity contribution in [2.75, 3.05) is 31.6 Å². The van der Waals surface area contributed by atoms with Crippen molar-refractivity contribution < 1.29 is 4.74 Å². The molecule has 10 nitrogen and oxygen atoms in total. The molecule has 0 aromatic carbocycles. The molecule has 0 aliphatic carbocycles. The Labute approximate surface area is 180 Å². The molecule has 0 radical (unpaired) electrons. The number of aryl methyl sites for hydroxylation is 1. The standard InChI is InChI=1S/C21H28N8O2/c1-27-12-17-20(23-14-24-21(17)26-27)22-11-16-4-2-3-6-28(16)7-8-29-19(30)10-15-13-31-9-5-18(15)25-29/h10,12,14,16H,2-9,11,13H2,1H3,(H,22,23,24,26). The molecule has 3 aromatic rings. The highest BCUT2D eigenvalue weighted by Gasteiger charge is 2.23. The smallest absolute Gasteiger partial charge is 0.267 e. The fourth-order valence-corrected chi connectivity index (χ4v) is 4.53. The van der Waals surface area contributed by atoms with Gasteiger partial charge in [-0.25, -0.2) is 14.6 Å². The van der Waals surface area contributed by atoms with E-state index in [1.165, 1.54) is 12.8 Å². The molecule has 1 atom stereocenters. The SMILES string of the molecule is Cn1cc2c(NCC3CCCCN3CCn3nc4c(cc3=O)COCC4)ncnc2n1. The molecule has 1 saturated heterocycles. The van der Waals surface area contributed by atoms with E-state index in [9.17, 15) is 4.79 Å². The minimum Gasteiger partial charge on any atom is -0.376 e. The first-order valence-electron chi connectivity index (χ1n) is 11.0. The Balaban J connectivity index is 1.25. The summed E-state index contributed by atoms with van der Waals surface area (Å²) in [5.74, 6) is 0.818. The lowest BCUT2D eigenvalue weighted by Gasteiger charge is -2.36. The molecule has 2 aliphatic heterocycles. The number of likely N-dealkylation sites (tertiary alicyclic amines) is 1. The molecular formula is C21H28N8O2. The van der Waals surface area contributed by atoms with Crippen LogP contribution >= 0.6 is 0 Å². The maximum atomic E-state index is 12.5. The highest BCUT2D eigenvalue weighted by atomic mass is 16.5. The van der Waals surface area contributed by atoms with Crippen LogP contribution in [0.1, 0.15) is 30.5 Å². The highest BCUT2D eigenvalue weighted by Crippen LogP contribution is 2.21. The normalized spacial score (nSPS) is 19.5. The molecule has 2 aliphatic rings. The van der Waals surface area contributed by atoms with E-state index in [0.717, 1.165) is 54.9 Å². The quantitative estimate of drug-likeness (QED) is 0.624. The summed E-state index contributed by atoms with van der Waals surface area (Å²) in [6, 6.07) is 2.07. The number of nitrogens with zero attached hydrogens (tertiary/aromatic N) is 7. The number of nitrogens with one attached hydrogen (secondary N) is 1. The summed E-state index contributed by atoms with van der Waals surface area (Å²) in [6.45, 7) is 4.40. The van der Waals surface area contributed by atoms with Crippen molar-refractivity contribution in [3.8, 4) is 0 Å². The van der Waals surface area contributed by atoms with Gasteiger partial charge in [-0.15, -0.1) is 0 Å². The van der Waals surface area contributed by atoms with Gasteiger partial charge in [0.2, 0.25) is 0 Å². The highest BCUT2D eigenvalue weighted by molar-refractivity contribution is 5.85. The predicted octanol–water partition coefficient (Wildman–Crippen LogP) is 0.959. The van der Waals surface area contributed by atoms with E-state index < -0.39 is 0 Å². The molecule has 164 valence electrons. The first kappa shape index (κ1) is 20.1. The van der Waals surface area contributed by atoms with Crippen LogP contribution in [0.2, 0.25) is 0 Å². The lowest BCUT2D eigenvalue weighted by atomic mass is 10.0. The van der Waals surface area contributed by atoms with Crippen LogP contribution < -0.4 is 10.9 Å². The number of aromatic nitrogens is 6. The van der Waals surface area contributed by atoms with Crippen LogP contribution in [0.5, 0.6) is 0 Å². The Morgan fingerprint density at radius 1 is 1.23 bits per heavy atom. The fraction of sp³-hybridized carbons (Fsp3) is 0.571. The van der Waals surface area contributed by atoms with Gasteiger partial charge in [0.25, 0.3) is 5.56 Å². The summed E-state index contributed by atoms with van der Waals surface area (Å²) in [7, 11) is 1.89. The van der Waals surface area contributed by atoms with Gasteiger partial charge < -0.3 is 10.1 Å². The lowest BCUT2D eigenvalue weighted by Crippen LogP contribution is -2.46. The molecule has 10 heteroatoms. The van der Waals surface area contributed by atoms with Gasteiger partial charge in [0.15, 0.2) is 5.65 Å². The van der Waals surface area contributed by atoms with Crippen LogP contribution in [0, 0.1) is 0 Å². The van der Waals surface area contributed by atoms with Crippen molar-refractivity contribution >= 4 is 16.9 Å². The van der Waals surface area contributed by atoms with Crippen LogP contribution in [0.25, 0.3) is 11.0 Å². The molecule has 3 aromatic heterocycles. The van der Waals surface area contributed by atoms with Gasteiger partial charge in [-0.1, -0.05) is 6.42 Å². The van der Waals surface area contributed by atoms with Crippen molar-refractivity contribution in [1.82, 2.24) is 34.4 Å². The van der Waals surface area contributed by atoms with Gasteiger partial charge in [-0.2, -0.15) is 10.2 Å². The number of fused-ring (bicyclic) bond motifs is 2. The van der Waals surface area contributed by atoms with Crippen LogP contribution in [0.3, 0.4) is 0 Å². The van der Waals surface area contributed by atoms with E-state index in [2.05, 4.69) is 30.4 Å². The maximum Gasteiger partial charge on any atom is 0.267 e. The van der Waals surface area contributed by atoms with E-state index >= 15 is 0 Å². The minimum atomic E-state index is -0.0455. The largest absolute Gasteiger partial charge is 0.376 e. The topological polar surface area (TPSA) is 103 Å². The number of hydrogen-bond donors (Lipinski definition) is 1. The van der Waals surface area contributed by atoms with Gasteiger partial charge in [0.1, 0.15) is 12.1 Å². The summed E-state index contributed by atoms with van der Waals surface area (Å²) in [5.41, 5.74) is 2.57. The van der Waals surface area contributed by atoms with Crippen LogP contribution in [-0.2, 0) is 31.4 Å². The van der Waals surface area contributed by atoms with Crippen molar-refractivity contribution in [3.05, 3.63) is 40.2 Å². The number of rotatable bonds is 6. The second kappa shape index (κ2) is 8.72. The van der Waals surface area contributed by atoms with E-state index in [4.69, 9.17) is 4.74 Å². The zero-order valence-corrected chi connectivity index (χ0v) is 17.8. The third kappa shape index (κ3) is 4.31. The van der Waals surface area contributed by atoms with Crippen LogP contribution in [-0.4, -0.2) is 66.7 Å². The van der Waals surface area contributed by atoms with Crippen LogP contribution in [0.4, 0.5) is 5.82 Å². The molecule has 1 N–H and O–H groups in total. The molecule has 31 heavy (non-hydrogen) atoms. The number of hydrogen-bond acceptors (Lipinski definition) is 8. The van der Waals surface area contributed by atoms with Gasteiger partial charge >= 0.3 is 0 Å². The molecule has 5 rings (SSSR count). The predicted molar refractivity (Wildman–Crippen MR) is 116 cm³/mol. The Morgan fingerprint density at radius 3 is 3.10 bits per heavy atom. The third-order valence-corrected chi connectivity index (χ3v) is 6.19. The molecule has 1 fully saturated rings. The van der Waals surface area contributed by atoms with E-state index in [1.54, 1.807) is 21.8 Å². The van der Waals surface area contributed by atoms with E-state index in [-0.39, 0.29) is 5.56 Å². The number of ether oxygens (including phenoxy) is 1.